The molecule has 3 aliphatic carbocycles. The highest BCUT2D eigenvalue weighted by atomic mass is 35.5. The van der Waals surface area contributed by atoms with E-state index in [0.717, 1.165) is 86.5 Å². The Labute approximate surface area is 329 Å². The van der Waals surface area contributed by atoms with Gasteiger partial charge in [0.05, 0.1) is 25.7 Å². The molecule has 55 heavy (non-hydrogen) atoms. The Morgan fingerprint density at radius 2 is 1.98 bits per heavy atom. The third kappa shape index (κ3) is 7.79. The molecule has 0 amide bonds. The lowest BCUT2D eigenvalue weighted by molar-refractivity contribution is -0.144. The zero-order chi connectivity index (χ0) is 38.2. The van der Waals surface area contributed by atoms with Crippen LogP contribution in [-0.4, -0.2) is 59.4 Å². The summed E-state index contributed by atoms with van der Waals surface area (Å²) in [6, 6.07) is 15.9. The van der Waals surface area contributed by atoms with Gasteiger partial charge in [-0.3, -0.25) is 9.88 Å². The molecule has 4 atom stereocenters. The second-order valence-corrected chi connectivity index (χ2v) is 17.3. The van der Waals surface area contributed by atoms with Crippen molar-refractivity contribution in [3.63, 3.8) is 0 Å². The van der Waals surface area contributed by atoms with Gasteiger partial charge in [0.15, 0.2) is 11.5 Å². The van der Waals surface area contributed by atoms with Crippen LogP contribution in [0.3, 0.4) is 0 Å². The van der Waals surface area contributed by atoms with Gasteiger partial charge in [-0.2, -0.15) is 0 Å². The molecule has 0 radical (unpaired) electrons. The van der Waals surface area contributed by atoms with Gasteiger partial charge in [-0.05, 0) is 142 Å². The van der Waals surface area contributed by atoms with Crippen LogP contribution in [-0.2, 0) is 29.6 Å². The lowest BCUT2D eigenvalue weighted by Gasteiger charge is -2.47. The van der Waals surface area contributed by atoms with Crippen molar-refractivity contribution in [1.82, 2.24) is 9.88 Å². The Kier molecular flexibility index (Phi) is 10.8. The van der Waals surface area contributed by atoms with Crippen molar-refractivity contribution < 1.29 is 28.5 Å². The van der Waals surface area contributed by atoms with E-state index in [2.05, 4.69) is 48.2 Å². The van der Waals surface area contributed by atoms with Crippen LogP contribution in [0.2, 0.25) is 5.02 Å². The number of pyridine rings is 1. The molecule has 0 saturated heterocycles. The number of halogens is 1. The maximum Gasteiger partial charge on any atom is 0.329 e. The van der Waals surface area contributed by atoms with E-state index in [1.54, 1.807) is 12.5 Å². The molecule has 1 spiro atoms. The van der Waals surface area contributed by atoms with Gasteiger partial charge in [0.1, 0.15) is 17.4 Å². The lowest BCUT2D eigenvalue weighted by atomic mass is 9.59. The Hall–Kier alpha value is -4.21. The predicted octanol–water partition coefficient (Wildman–Crippen LogP) is 9.45. The second kappa shape index (κ2) is 15.7. The monoisotopic (exact) mass is 767 g/mol. The van der Waals surface area contributed by atoms with Gasteiger partial charge in [0, 0.05) is 53.2 Å². The first kappa shape index (κ1) is 37.7. The number of fused-ring (bicyclic) bond motifs is 4. The number of hydrogen-bond acceptors (Lipinski definition) is 8. The molecule has 1 saturated carbocycles. The maximum atomic E-state index is 13.1. The van der Waals surface area contributed by atoms with Gasteiger partial charge in [-0.1, -0.05) is 31.5 Å². The summed E-state index contributed by atoms with van der Waals surface area (Å²) in [4.78, 5) is 20.1. The Morgan fingerprint density at radius 3 is 2.76 bits per heavy atom. The highest BCUT2D eigenvalue weighted by Crippen LogP contribution is 2.58. The van der Waals surface area contributed by atoms with E-state index in [-0.39, 0.29) is 17.4 Å². The van der Waals surface area contributed by atoms with Gasteiger partial charge >= 0.3 is 5.97 Å². The number of anilines is 1. The number of likely N-dealkylation sites (N-methyl/N-ethyl adjacent to an activating group) is 1. The van der Waals surface area contributed by atoms with Crippen LogP contribution >= 0.6 is 11.6 Å². The first-order chi connectivity index (χ1) is 26.6. The third-order valence-corrected chi connectivity index (χ3v) is 13.1. The van der Waals surface area contributed by atoms with Gasteiger partial charge in [-0.15, -0.1) is 0 Å². The zero-order valence-electron chi connectivity index (χ0n) is 32.3. The number of nitrogens with zero attached hydrogens (tertiary/aromatic N) is 2. The molecule has 0 unspecified atom stereocenters. The van der Waals surface area contributed by atoms with Crippen LogP contribution in [0.5, 0.6) is 17.2 Å². The van der Waals surface area contributed by atoms with Crippen LogP contribution in [0.25, 0.3) is 0 Å². The number of furan rings is 1. The molecule has 10 heteroatoms. The van der Waals surface area contributed by atoms with Crippen LogP contribution in [0.4, 0.5) is 5.69 Å². The van der Waals surface area contributed by atoms with Gasteiger partial charge in [-0.25, -0.2) is 4.79 Å². The minimum Gasteiger partial charge on any atom is -0.493 e. The minimum absolute atomic E-state index is 0.0314. The average Bonchev–Trinajstić information content (AvgIpc) is 3.71. The van der Waals surface area contributed by atoms with E-state index < -0.39 is 11.5 Å². The molecule has 0 bridgehead atoms. The number of aromatic nitrogens is 1. The fourth-order valence-electron chi connectivity index (χ4n) is 10.1. The number of benzene rings is 2. The topological polar surface area (TPSA) is 106 Å². The third-order valence-electron chi connectivity index (χ3n) is 12.9. The SMILES string of the molecule is C[C@@H](COc1ccnc2c1[C@H](C)CCC2)C[C@H]1Cc2cc3c(cc2C12CCC(Nc1cccc(Cl)c1)(C(=O)O)CC2)O[C@@H](CN(C)Cc1ccoc1)CCO3. The van der Waals surface area contributed by atoms with Crippen molar-refractivity contribution >= 4 is 23.3 Å². The summed E-state index contributed by atoms with van der Waals surface area (Å²) in [6.45, 7) is 7.33. The molecule has 292 valence electrons. The number of carbonyl (C=O) groups is 1. The first-order valence-electron chi connectivity index (χ1n) is 20.1. The standard InChI is InChI=1S/C45H54ClN3O6/c1-29(27-54-39-10-17-47-38-9-4-6-30(2)42(38)39)20-33-21-32-22-40-41(55-36(12-19-53-40)26-49(3)25-31-11-18-52-28-31)24-37(32)44(33)13-15-45(16-14-44,43(50)51)48-35-8-5-7-34(46)23-35/h5,7-8,10-11,17-18,22-24,28-30,33,36,48H,4,6,9,12-16,19-21,25-27H2,1-3H3,(H,50,51)/t29-,30-,33+,36-,44?,45?/m1/s1. The van der Waals surface area contributed by atoms with Crippen molar-refractivity contribution in [1.29, 1.82) is 0 Å². The number of aryl methyl sites for hydroxylation is 1. The summed E-state index contributed by atoms with van der Waals surface area (Å²) >= 11 is 6.33. The first-order valence-corrected chi connectivity index (χ1v) is 20.5. The van der Waals surface area contributed by atoms with Crippen molar-refractivity contribution in [2.75, 3.05) is 32.1 Å². The zero-order valence-corrected chi connectivity index (χ0v) is 33.1. The highest BCUT2D eigenvalue weighted by molar-refractivity contribution is 6.30. The Balaban J connectivity index is 1.05. The smallest absolute Gasteiger partial charge is 0.329 e. The van der Waals surface area contributed by atoms with E-state index >= 15 is 0 Å². The van der Waals surface area contributed by atoms with E-state index in [1.807, 2.05) is 42.6 Å². The number of rotatable bonds is 12. The summed E-state index contributed by atoms with van der Waals surface area (Å²) in [7, 11) is 2.11. The fourth-order valence-corrected chi connectivity index (χ4v) is 10.3. The number of ether oxygens (including phenoxy) is 3. The molecule has 2 aromatic carbocycles. The van der Waals surface area contributed by atoms with Crippen molar-refractivity contribution in [2.45, 2.75) is 108 Å². The van der Waals surface area contributed by atoms with Crippen LogP contribution in [0, 0.1) is 11.8 Å². The van der Waals surface area contributed by atoms with Crippen LogP contribution in [0.15, 0.2) is 71.7 Å². The number of nitrogens with one attached hydrogen (secondary N) is 1. The molecule has 1 fully saturated rings. The highest BCUT2D eigenvalue weighted by Gasteiger charge is 2.54. The summed E-state index contributed by atoms with van der Waals surface area (Å²) in [5.74, 6) is 2.80. The second-order valence-electron chi connectivity index (χ2n) is 16.9. The Bertz CT molecular complexity index is 1970. The molecular weight excluding hydrogens is 714 g/mol. The van der Waals surface area contributed by atoms with Gasteiger partial charge in [0.2, 0.25) is 0 Å². The minimum atomic E-state index is -1.09. The predicted molar refractivity (Wildman–Crippen MR) is 214 cm³/mol. The molecule has 4 aromatic rings. The molecule has 1 aliphatic heterocycles. The quantitative estimate of drug-likeness (QED) is 0.146. The van der Waals surface area contributed by atoms with E-state index in [9.17, 15) is 9.90 Å². The molecule has 2 aromatic heterocycles. The number of carboxylic acids is 1. The summed E-state index contributed by atoms with van der Waals surface area (Å²) in [5, 5.41) is 14.7. The largest absolute Gasteiger partial charge is 0.493 e. The van der Waals surface area contributed by atoms with Crippen LogP contribution in [0.1, 0.15) is 99.1 Å². The number of hydrogen-bond donors (Lipinski definition) is 2. The van der Waals surface area contributed by atoms with Gasteiger partial charge in [0.25, 0.3) is 0 Å². The summed E-state index contributed by atoms with van der Waals surface area (Å²) in [5.41, 5.74) is 5.60. The summed E-state index contributed by atoms with van der Waals surface area (Å²) in [6.07, 6.45) is 13.8. The van der Waals surface area contributed by atoms with E-state index in [1.165, 1.54) is 28.8 Å². The maximum absolute atomic E-state index is 13.1. The molecule has 4 aliphatic rings. The lowest BCUT2D eigenvalue weighted by Crippen LogP contribution is -2.53. The molecule has 3 heterocycles. The van der Waals surface area contributed by atoms with E-state index in [4.69, 9.17) is 30.2 Å². The molecule has 2 N–H and O–H groups in total. The molecule has 9 nitrogen and oxygen atoms in total. The fraction of sp³-hybridized carbons (Fsp3) is 0.511. The number of carboxylic acid groups (broad SMARTS) is 1. The molecular formula is C45H54ClN3O6. The van der Waals surface area contributed by atoms with Crippen molar-refractivity contribution in [2.24, 2.45) is 11.8 Å². The summed E-state index contributed by atoms with van der Waals surface area (Å²) < 4.78 is 25.1. The Morgan fingerprint density at radius 1 is 1.13 bits per heavy atom. The van der Waals surface area contributed by atoms with Crippen LogP contribution < -0.4 is 19.5 Å². The molecule has 8 rings (SSSR count). The normalized spacial score (nSPS) is 26.2. The van der Waals surface area contributed by atoms with Crippen molar-refractivity contribution in [3.05, 3.63) is 100 Å². The van der Waals surface area contributed by atoms with E-state index in [0.29, 0.717) is 42.9 Å². The average molecular weight is 768 g/mol. The van der Waals surface area contributed by atoms with Gasteiger partial charge < -0.3 is 29.1 Å². The van der Waals surface area contributed by atoms with Crippen molar-refractivity contribution in [3.8, 4) is 17.2 Å². The number of aliphatic carboxylic acids is 1.